The second-order valence-corrected chi connectivity index (χ2v) is 35.2. The first-order valence-electron chi connectivity index (χ1n) is 41.1. The molecule has 0 spiro atoms. The summed E-state index contributed by atoms with van der Waals surface area (Å²) < 4.78 is 36.5. The van der Waals surface area contributed by atoms with Crippen LogP contribution in [0.3, 0.4) is 0 Å². The van der Waals surface area contributed by atoms with E-state index in [0.29, 0.717) is 5.69 Å². The first-order valence-corrected chi connectivity index (χ1v) is 44.3. The van der Waals surface area contributed by atoms with Crippen LogP contribution < -0.4 is 62.0 Å². The molecule has 0 amide bonds. The van der Waals surface area contributed by atoms with Gasteiger partial charge in [0.15, 0.2) is 0 Å². The monoisotopic (exact) mass is 2390 g/mol. The van der Waals surface area contributed by atoms with Gasteiger partial charge in [-0.3, -0.25) is 0 Å². The molecule has 4 aromatic carbocycles. The Morgan fingerprint density at radius 2 is 0.404 bits per heavy atom. The number of alkyl halides is 3. The van der Waals surface area contributed by atoms with Crippen LogP contribution in [0.2, 0.25) is 0 Å². The van der Waals surface area contributed by atoms with Crippen molar-refractivity contribution in [3.05, 3.63) is 376 Å². The van der Waals surface area contributed by atoms with Crippen molar-refractivity contribution in [2.45, 2.75) is 93.2 Å². The van der Waals surface area contributed by atoms with Gasteiger partial charge in [0.2, 0.25) is 0 Å². The Labute approximate surface area is 825 Å². The summed E-state index contributed by atoms with van der Waals surface area (Å²) in [5.74, 6) is 5.01. The van der Waals surface area contributed by atoms with E-state index >= 15 is 0 Å². The van der Waals surface area contributed by atoms with Crippen LogP contribution in [0.25, 0.3) is 91.1 Å². The summed E-state index contributed by atoms with van der Waals surface area (Å²) in [7, 11) is -1.93. The van der Waals surface area contributed by atoms with E-state index in [1.54, 1.807) is 43.4 Å². The third kappa shape index (κ3) is 33.3. The number of hydrogen-bond donors (Lipinski definition) is 0. The normalized spacial score (nSPS) is 10.6. The summed E-state index contributed by atoms with van der Waals surface area (Å²) >= 11 is 0. The van der Waals surface area contributed by atoms with Crippen molar-refractivity contribution < 1.29 is 73.2 Å². The van der Waals surface area contributed by atoms with E-state index in [-0.39, 0.29) is 76.5 Å². The van der Waals surface area contributed by atoms with Crippen LogP contribution in [0.15, 0.2) is 330 Å². The molecule has 688 valence electrons. The second-order valence-electron chi connectivity index (χ2n) is 30.6. The van der Waals surface area contributed by atoms with Crippen LogP contribution in [0.1, 0.15) is 87.1 Å². The summed E-state index contributed by atoms with van der Waals surface area (Å²) in [5.41, 5.74) is 17.2. The van der Waals surface area contributed by atoms with Gasteiger partial charge in [-0.1, -0.05) is 202 Å². The van der Waals surface area contributed by atoms with Crippen LogP contribution in [0.4, 0.5) is 13.2 Å². The fraction of sp³-hybridized carbons (Fsp3) is 0.146. The van der Waals surface area contributed by atoms with Crippen molar-refractivity contribution in [3.8, 4) is 91.1 Å². The molecule has 16 heterocycles. The predicted molar refractivity (Wildman–Crippen MR) is 505 cm³/mol. The standard InChI is InChI=1S/C26H22P2.2C11H13N4.C8H4F3N4.5C8H7N4.2Ir.Os/c1-5-13-23(14-6-1)27(24-15-7-2-8-16-24)21-22-28(25-17-9-3-10-18-25)26-19-11-4-12-20-26;2*1-11(2,3)10-6-9(14-15-10)8-4-5-12-7-13-8;9-8(10,11)7-3-6(14-15-7)5-1-2-12-4-13-5;5*1-6-4-8(12-11-6)7-2-3-9-5-10-7;;;/h1-22H;2*4-7H,1-3H3;1-4H;5*2-5H,1H3;;;/q;8*-1;2*+3;+2/p+2. The maximum atomic E-state index is 12.2. The molecule has 20 aromatic rings. The largest absolute Gasteiger partial charge is 3.00 e. The van der Waals surface area contributed by atoms with E-state index in [4.69, 9.17) is 0 Å². The summed E-state index contributed by atoms with van der Waals surface area (Å²) in [6.07, 6.45) is 20.5. The molecule has 0 unspecified atom stereocenters. The zero-order chi connectivity index (χ0) is 93.6. The van der Waals surface area contributed by atoms with Crippen LogP contribution in [-0.4, -0.2) is 121 Å². The molecule has 0 aliphatic heterocycles. The zero-order valence-corrected chi connectivity index (χ0v) is 84.5. The summed E-state index contributed by atoms with van der Waals surface area (Å²) in [6.45, 7) is 22.2. The Kier molecular flexibility index (Phi) is 41.3. The van der Waals surface area contributed by atoms with E-state index in [1.807, 2.05) is 120 Å². The van der Waals surface area contributed by atoms with Gasteiger partial charge >= 0.3 is 66.2 Å². The SMILES string of the molecule is C(=C[PH+](c1ccccc1)c1ccccc1)[PH+](c1ccccc1)c1ccccc1.CC(C)(C)c1cc(-c2ccncn2)[n-]n1.CC(C)(C)c1cc(-c2ccncn2)[n-]n1.Cc1cc(-c2ccncn2)[n-]n1.Cc1cc(-c2ccncn2)[n-]n1.Cc1cc(-c2ccncn2)[n-]n1.Cc1cc(-c2ccncn2)[n-]n1.Cc1cc(-c2ccncn2)[n-]n1.FC(F)(F)c1cc(-c2ccncn2)[n-]n1.[Ir+3].[Ir+3].[Os+2]. The van der Waals surface area contributed by atoms with E-state index in [1.165, 1.54) is 84.1 Å². The third-order valence-corrected chi connectivity index (χ3v) is 23.4. The summed E-state index contributed by atoms with van der Waals surface area (Å²) in [6, 6.07) is 72.1. The molecule has 0 atom stereocenters. The minimum Gasteiger partial charge on any atom is -0.574 e. The Balaban J connectivity index is 0.000000174. The van der Waals surface area contributed by atoms with Crippen molar-refractivity contribution in [2.75, 3.05) is 0 Å². The third-order valence-electron chi connectivity index (χ3n) is 18.3. The van der Waals surface area contributed by atoms with E-state index in [2.05, 4.69) is 336 Å². The van der Waals surface area contributed by atoms with Gasteiger partial charge in [-0.2, -0.15) is 13.2 Å². The van der Waals surface area contributed by atoms with Gasteiger partial charge in [0.1, 0.15) is 89.2 Å². The number of hydrogen-bond acceptors (Lipinski definition) is 24. The Morgan fingerprint density at radius 3 is 0.544 bits per heavy atom. The number of halogens is 3. The predicted octanol–water partition coefficient (Wildman–Crippen LogP) is 14.3. The fourth-order valence-electron chi connectivity index (χ4n) is 11.6. The topological polar surface area (TPSA) is 422 Å². The molecule has 0 bridgehead atoms. The molecule has 32 nitrogen and oxygen atoms in total. The van der Waals surface area contributed by atoms with Crippen LogP contribution in [-0.2, 0) is 77.0 Å². The van der Waals surface area contributed by atoms with E-state index in [0.717, 1.165) is 126 Å². The molecule has 20 rings (SSSR count). The number of rotatable bonds is 14. The van der Waals surface area contributed by atoms with Crippen molar-refractivity contribution in [2.24, 2.45) is 0 Å². The summed E-state index contributed by atoms with van der Waals surface area (Å²) in [4.78, 5) is 62.7. The van der Waals surface area contributed by atoms with E-state index in [9.17, 15) is 13.2 Å². The molecule has 16 aromatic heterocycles. The molecule has 0 saturated heterocycles. The molecule has 0 aliphatic rings. The fourth-order valence-corrected chi connectivity index (χ4v) is 16.6. The molecule has 40 heteroatoms. The van der Waals surface area contributed by atoms with Crippen LogP contribution in [0, 0.1) is 34.6 Å². The maximum Gasteiger partial charge on any atom is 3.00 e. The molecule has 0 N–H and O–H groups in total. The smallest absolute Gasteiger partial charge is 0.574 e. The molecular weight excluding hydrogens is 2290 g/mol. The Hall–Kier alpha value is -14.5. The van der Waals surface area contributed by atoms with Crippen molar-refractivity contribution in [1.82, 2.24) is 161 Å². The number of aromatic nitrogens is 32. The average molecular weight is 2380 g/mol. The summed E-state index contributed by atoms with van der Waals surface area (Å²) in [5, 5.41) is 67.8. The van der Waals surface area contributed by atoms with Gasteiger partial charge in [0.25, 0.3) is 0 Å². The Bertz CT molecular complexity index is 5920. The van der Waals surface area contributed by atoms with Gasteiger partial charge in [-0.25, -0.2) is 79.7 Å². The zero-order valence-electron chi connectivity index (χ0n) is 75.1. The Morgan fingerprint density at radius 1 is 0.235 bits per heavy atom. The minimum atomic E-state index is -4.47. The maximum absolute atomic E-state index is 12.2. The van der Waals surface area contributed by atoms with Gasteiger partial charge < -0.3 is 81.6 Å². The molecular formula is C96H89F3Ir2N32OsP2+2. The average Bonchev–Trinajstić information content (AvgIpc) is 1.50. The van der Waals surface area contributed by atoms with Crippen molar-refractivity contribution in [3.63, 3.8) is 0 Å². The second kappa shape index (κ2) is 53.4. The number of nitrogens with zero attached hydrogens (tertiary/aromatic N) is 32. The molecule has 0 aliphatic carbocycles. The van der Waals surface area contributed by atoms with Gasteiger partial charge in [0.05, 0.1) is 61.4 Å². The van der Waals surface area contributed by atoms with Crippen molar-refractivity contribution in [1.29, 1.82) is 0 Å². The number of benzene rings is 4. The van der Waals surface area contributed by atoms with Crippen molar-refractivity contribution >= 4 is 37.1 Å². The van der Waals surface area contributed by atoms with E-state index < -0.39 is 27.7 Å². The van der Waals surface area contributed by atoms with Gasteiger partial charge in [0, 0.05) is 100 Å². The molecule has 0 saturated carbocycles. The minimum absolute atomic E-state index is 0. The molecule has 0 radical (unpaired) electrons. The number of aryl methyl sites for hydroxylation is 5. The molecule has 0 fully saturated rings. The van der Waals surface area contributed by atoms with Crippen LogP contribution >= 0.6 is 15.8 Å². The van der Waals surface area contributed by atoms with Gasteiger partial charge in [-0.05, 0) is 138 Å². The van der Waals surface area contributed by atoms with Gasteiger partial charge in [-0.15, -0.1) is 0 Å². The first kappa shape index (κ1) is 105. The first-order chi connectivity index (χ1) is 64.4. The molecule has 136 heavy (non-hydrogen) atoms. The quantitative estimate of drug-likeness (QED) is 0.0912. The van der Waals surface area contributed by atoms with Crippen LogP contribution in [0.5, 0.6) is 0 Å².